The molecule has 138 valence electrons. The number of methoxy groups -OCH3 is 1. The lowest BCUT2D eigenvalue weighted by Crippen LogP contribution is -2.30. The topological polar surface area (TPSA) is 73.9 Å². The van der Waals surface area contributed by atoms with Crippen LogP contribution >= 0.6 is 0 Å². The van der Waals surface area contributed by atoms with Gasteiger partial charge >= 0.3 is 5.97 Å². The largest absolute Gasteiger partial charge is 0.497 e. The predicted molar refractivity (Wildman–Crippen MR) is 98.3 cm³/mol. The van der Waals surface area contributed by atoms with Crippen LogP contribution in [0.4, 0.5) is 5.69 Å². The van der Waals surface area contributed by atoms with Gasteiger partial charge in [-0.05, 0) is 49.7 Å². The van der Waals surface area contributed by atoms with E-state index in [4.69, 9.17) is 14.2 Å². The Kier molecular flexibility index (Phi) is 7.49. The van der Waals surface area contributed by atoms with Crippen molar-refractivity contribution in [2.45, 2.75) is 25.9 Å². The van der Waals surface area contributed by atoms with E-state index < -0.39 is 12.1 Å². The highest BCUT2D eigenvalue weighted by Crippen LogP contribution is 2.15. The zero-order chi connectivity index (χ0) is 18.8. The second kappa shape index (κ2) is 10.1. The number of carbonyl (C=O) groups excluding carboxylic acids is 2. The molecule has 1 amide bonds. The van der Waals surface area contributed by atoms with Crippen molar-refractivity contribution in [2.75, 3.05) is 19.0 Å². The fourth-order valence-electron chi connectivity index (χ4n) is 2.15. The van der Waals surface area contributed by atoms with Gasteiger partial charge in [0.25, 0.3) is 5.91 Å². The van der Waals surface area contributed by atoms with Gasteiger partial charge in [0, 0.05) is 12.1 Å². The summed E-state index contributed by atoms with van der Waals surface area (Å²) < 4.78 is 15.7. The first-order chi connectivity index (χ1) is 12.6. The summed E-state index contributed by atoms with van der Waals surface area (Å²) in [6.07, 6.45) is -0.173. The van der Waals surface area contributed by atoms with Crippen molar-refractivity contribution in [3.63, 3.8) is 0 Å². The quantitative estimate of drug-likeness (QED) is 0.550. The summed E-state index contributed by atoms with van der Waals surface area (Å²) in [5, 5.41) is 2.69. The SMILES string of the molecule is COc1ccc(NC(=O)[C@@H](C)OC(=O)CCCOc2ccccc2)cc1. The van der Waals surface area contributed by atoms with E-state index >= 15 is 0 Å². The summed E-state index contributed by atoms with van der Waals surface area (Å²) in [6.45, 7) is 1.95. The molecule has 1 atom stereocenters. The molecule has 0 saturated carbocycles. The Morgan fingerprint density at radius 1 is 1.00 bits per heavy atom. The van der Waals surface area contributed by atoms with E-state index in [1.807, 2.05) is 30.3 Å². The first-order valence-corrected chi connectivity index (χ1v) is 8.40. The van der Waals surface area contributed by atoms with Gasteiger partial charge in [-0.25, -0.2) is 0 Å². The van der Waals surface area contributed by atoms with Crippen molar-refractivity contribution < 1.29 is 23.8 Å². The van der Waals surface area contributed by atoms with Crippen LogP contribution in [0.5, 0.6) is 11.5 Å². The summed E-state index contributed by atoms with van der Waals surface area (Å²) in [5.41, 5.74) is 0.606. The van der Waals surface area contributed by atoms with Crippen LogP contribution in [0.25, 0.3) is 0 Å². The summed E-state index contributed by atoms with van der Waals surface area (Å²) >= 11 is 0. The minimum Gasteiger partial charge on any atom is -0.497 e. The van der Waals surface area contributed by atoms with Gasteiger partial charge in [-0.3, -0.25) is 9.59 Å². The molecule has 0 radical (unpaired) electrons. The Labute approximate surface area is 153 Å². The molecule has 0 bridgehead atoms. The van der Waals surface area contributed by atoms with E-state index in [9.17, 15) is 9.59 Å². The van der Waals surface area contributed by atoms with Crippen LogP contribution < -0.4 is 14.8 Å². The van der Waals surface area contributed by atoms with Gasteiger partial charge in [0.1, 0.15) is 11.5 Å². The van der Waals surface area contributed by atoms with Crippen molar-refractivity contribution in [3.8, 4) is 11.5 Å². The number of hydrogen-bond donors (Lipinski definition) is 1. The summed E-state index contributed by atoms with van der Waals surface area (Å²) in [7, 11) is 1.57. The molecular formula is C20H23NO5. The maximum atomic E-state index is 12.1. The molecule has 0 heterocycles. The Hall–Kier alpha value is -3.02. The molecule has 0 aromatic heterocycles. The maximum absolute atomic E-state index is 12.1. The Bertz CT molecular complexity index is 700. The van der Waals surface area contributed by atoms with Crippen LogP contribution in [0.15, 0.2) is 54.6 Å². The first kappa shape index (κ1) is 19.3. The molecule has 2 aromatic rings. The number of ether oxygens (including phenoxy) is 3. The van der Waals surface area contributed by atoms with Gasteiger partial charge in [-0.15, -0.1) is 0 Å². The highest BCUT2D eigenvalue weighted by Gasteiger charge is 2.17. The molecule has 1 N–H and O–H groups in total. The van der Waals surface area contributed by atoms with Crippen LogP contribution in [0.1, 0.15) is 19.8 Å². The minimum atomic E-state index is -0.875. The van der Waals surface area contributed by atoms with Crippen LogP contribution in [0.3, 0.4) is 0 Å². The fourth-order valence-corrected chi connectivity index (χ4v) is 2.15. The molecule has 0 fully saturated rings. The lowest BCUT2D eigenvalue weighted by molar-refractivity contribution is -0.153. The number of hydrogen-bond acceptors (Lipinski definition) is 5. The third kappa shape index (κ3) is 6.47. The van der Waals surface area contributed by atoms with E-state index in [0.717, 1.165) is 5.75 Å². The van der Waals surface area contributed by atoms with Crippen molar-refractivity contribution in [1.29, 1.82) is 0 Å². The zero-order valence-corrected chi connectivity index (χ0v) is 14.9. The molecular weight excluding hydrogens is 334 g/mol. The normalized spacial score (nSPS) is 11.3. The third-order valence-electron chi connectivity index (χ3n) is 3.57. The van der Waals surface area contributed by atoms with E-state index in [1.165, 1.54) is 6.92 Å². The van der Waals surface area contributed by atoms with Gasteiger partial charge in [-0.2, -0.15) is 0 Å². The van der Waals surface area contributed by atoms with Gasteiger partial charge in [0.15, 0.2) is 6.10 Å². The van der Waals surface area contributed by atoms with Crippen LogP contribution in [0.2, 0.25) is 0 Å². The number of carbonyl (C=O) groups is 2. The number of anilines is 1. The zero-order valence-electron chi connectivity index (χ0n) is 14.9. The molecule has 0 unspecified atom stereocenters. The van der Waals surface area contributed by atoms with Crippen LogP contribution in [-0.4, -0.2) is 31.7 Å². The van der Waals surface area contributed by atoms with Crippen molar-refractivity contribution in [3.05, 3.63) is 54.6 Å². The van der Waals surface area contributed by atoms with Crippen molar-refractivity contribution in [2.24, 2.45) is 0 Å². The Morgan fingerprint density at radius 2 is 1.69 bits per heavy atom. The monoisotopic (exact) mass is 357 g/mol. The summed E-state index contributed by atoms with van der Waals surface area (Å²) in [5.74, 6) is 0.636. The van der Waals surface area contributed by atoms with E-state index in [0.29, 0.717) is 24.5 Å². The van der Waals surface area contributed by atoms with E-state index in [2.05, 4.69) is 5.32 Å². The molecule has 2 aromatic carbocycles. The molecule has 0 saturated heterocycles. The van der Waals surface area contributed by atoms with Gasteiger partial charge in [0.2, 0.25) is 0 Å². The van der Waals surface area contributed by atoms with E-state index in [-0.39, 0.29) is 12.3 Å². The second-order valence-electron chi connectivity index (χ2n) is 5.61. The van der Waals surface area contributed by atoms with Crippen molar-refractivity contribution >= 4 is 17.6 Å². The molecule has 0 aliphatic heterocycles. The highest BCUT2D eigenvalue weighted by molar-refractivity contribution is 5.95. The number of benzene rings is 2. The summed E-state index contributed by atoms with van der Waals surface area (Å²) in [4.78, 5) is 23.9. The Morgan fingerprint density at radius 3 is 2.35 bits per heavy atom. The third-order valence-corrected chi connectivity index (χ3v) is 3.57. The predicted octanol–water partition coefficient (Wildman–Crippen LogP) is 3.42. The minimum absolute atomic E-state index is 0.187. The molecule has 0 aliphatic rings. The number of esters is 1. The molecule has 0 aliphatic carbocycles. The summed E-state index contributed by atoms with van der Waals surface area (Å²) in [6, 6.07) is 16.3. The van der Waals surface area contributed by atoms with Gasteiger partial charge in [-0.1, -0.05) is 18.2 Å². The fraction of sp³-hybridized carbons (Fsp3) is 0.300. The Balaban J connectivity index is 1.67. The molecule has 6 nitrogen and oxygen atoms in total. The lowest BCUT2D eigenvalue weighted by Gasteiger charge is -2.14. The average molecular weight is 357 g/mol. The molecule has 2 rings (SSSR count). The molecule has 26 heavy (non-hydrogen) atoms. The van der Waals surface area contributed by atoms with E-state index in [1.54, 1.807) is 31.4 Å². The first-order valence-electron chi connectivity index (χ1n) is 8.40. The number of para-hydroxylation sites is 1. The maximum Gasteiger partial charge on any atom is 0.306 e. The van der Waals surface area contributed by atoms with Crippen molar-refractivity contribution in [1.82, 2.24) is 0 Å². The number of nitrogens with one attached hydrogen (secondary N) is 1. The molecule has 0 spiro atoms. The number of rotatable bonds is 9. The standard InChI is InChI=1S/C20H23NO5/c1-15(20(23)21-16-10-12-17(24-2)13-11-16)26-19(22)9-6-14-25-18-7-4-3-5-8-18/h3-5,7-8,10-13,15H,6,9,14H2,1-2H3,(H,21,23)/t15-/m1/s1. The number of amides is 1. The lowest BCUT2D eigenvalue weighted by atomic mass is 10.2. The van der Waals surface area contributed by atoms with Gasteiger partial charge < -0.3 is 19.5 Å². The van der Waals surface area contributed by atoms with Gasteiger partial charge in [0.05, 0.1) is 13.7 Å². The molecule has 6 heteroatoms. The second-order valence-corrected chi connectivity index (χ2v) is 5.61. The highest BCUT2D eigenvalue weighted by atomic mass is 16.5. The van der Waals surface area contributed by atoms with Crippen LogP contribution in [0, 0.1) is 0 Å². The average Bonchev–Trinajstić information content (AvgIpc) is 2.66. The van der Waals surface area contributed by atoms with Crippen LogP contribution in [-0.2, 0) is 14.3 Å². The smallest absolute Gasteiger partial charge is 0.306 e.